The van der Waals surface area contributed by atoms with Gasteiger partial charge in [0.05, 0.1) is 19.7 Å². The third-order valence-corrected chi connectivity index (χ3v) is 4.71. The Morgan fingerprint density at radius 3 is 2.96 bits per heavy atom. The predicted molar refractivity (Wildman–Crippen MR) is 95.9 cm³/mol. The summed E-state index contributed by atoms with van der Waals surface area (Å²) in [5.41, 5.74) is 1.02. The van der Waals surface area contributed by atoms with E-state index in [4.69, 9.17) is 14.2 Å². The summed E-state index contributed by atoms with van der Waals surface area (Å²) in [6.07, 6.45) is 0. The molecule has 0 unspecified atom stereocenters. The second-order valence-electron chi connectivity index (χ2n) is 5.69. The summed E-state index contributed by atoms with van der Waals surface area (Å²) in [7, 11) is 1.65. The van der Waals surface area contributed by atoms with Crippen LogP contribution in [0.2, 0.25) is 0 Å². The van der Waals surface area contributed by atoms with Gasteiger partial charge in [0.1, 0.15) is 0 Å². The molecule has 0 atom stereocenters. The molecule has 2 heterocycles. The zero-order valence-corrected chi connectivity index (χ0v) is 15.0. The quantitative estimate of drug-likeness (QED) is 0.694. The Hall–Kier alpha value is -2.09. The summed E-state index contributed by atoms with van der Waals surface area (Å²) in [6.45, 7) is 2.90. The second-order valence-corrected chi connectivity index (χ2v) is 6.72. The van der Waals surface area contributed by atoms with Gasteiger partial charge in [-0.05, 0) is 29.1 Å². The molecule has 1 aliphatic rings. The van der Waals surface area contributed by atoms with Crippen molar-refractivity contribution in [2.75, 3.05) is 33.6 Å². The number of benzene rings is 1. The highest BCUT2D eigenvalue weighted by atomic mass is 32.1. The minimum absolute atomic E-state index is 0.0576. The van der Waals surface area contributed by atoms with E-state index in [1.165, 1.54) is 0 Å². The number of amides is 1. The average molecular weight is 362 g/mol. The van der Waals surface area contributed by atoms with Crippen molar-refractivity contribution >= 4 is 17.2 Å². The summed E-state index contributed by atoms with van der Waals surface area (Å²) in [6, 6.07) is 9.85. The number of ether oxygens (including phenoxy) is 3. The zero-order valence-electron chi connectivity index (χ0n) is 14.2. The first-order valence-electron chi connectivity index (χ1n) is 8.14. The molecule has 0 saturated carbocycles. The van der Waals surface area contributed by atoms with E-state index >= 15 is 0 Å². The Kier molecular flexibility index (Phi) is 6.27. The van der Waals surface area contributed by atoms with Gasteiger partial charge < -0.3 is 24.4 Å². The number of thiophene rings is 1. The molecule has 1 aliphatic heterocycles. The van der Waals surface area contributed by atoms with E-state index in [0.29, 0.717) is 32.8 Å². The number of nitrogens with zero attached hydrogens (tertiary/aromatic N) is 1. The van der Waals surface area contributed by atoms with Crippen molar-refractivity contribution in [3.63, 3.8) is 0 Å². The van der Waals surface area contributed by atoms with Crippen LogP contribution in [0.3, 0.4) is 0 Å². The molecule has 0 spiro atoms. The Bertz CT molecular complexity index is 690. The van der Waals surface area contributed by atoms with E-state index in [0.717, 1.165) is 21.9 Å². The van der Waals surface area contributed by atoms with E-state index < -0.39 is 0 Å². The molecule has 2 aromatic rings. The van der Waals surface area contributed by atoms with Crippen molar-refractivity contribution in [2.24, 2.45) is 0 Å². The SMILES string of the molecule is COCCNCC(=O)N(Cc1ccc2c(c1)OCO2)Cc1cccs1. The molecule has 1 N–H and O–H groups in total. The third kappa shape index (κ3) is 4.94. The first kappa shape index (κ1) is 17.7. The van der Waals surface area contributed by atoms with E-state index in [-0.39, 0.29) is 12.7 Å². The summed E-state index contributed by atoms with van der Waals surface area (Å²) < 4.78 is 15.8. The number of fused-ring (bicyclic) bond motifs is 1. The van der Waals surface area contributed by atoms with Crippen LogP contribution in [0.5, 0.6) is 11.5 Å². The predicted octanol–water partition coefficient (Wildman–Crippen LogP) is 2.24. The fourth-order valence-electron chi connectivity index (χ4n) is 2.56. The maximum atomic E-state index is 12.6. The summed E-state index contributed by atoms with van der Waals surface area (Å²) >= 11 is 1.65. The van der Waals surface area contributed by atoms with E-state index in [2.05, 4.69) is 5.32 Å². The van der Waals surface area contributed by atoms with Gasteiger partial charge in [0.15, 0.2) is 11.5 Å². The van der Waals surface area contributed by atoms with E-state index in [1.807, 2.05) is 40.6 Å². The maximum Gasteiger partial charge on any atom is 0.237 e. The van der Waals surface area contributed by atoms with Gasteiger partial charge in [0.2, 0.25) is 12.7 Å². The van der Waals surface area contributed by atoms with Crippen molar-refractivity contribution in [3.05, 3.63) is 46.2 Å². The smallest absolute Gasteiger partial charge is 0.237 e. The van der Waals surface area contributed by atoms with Gasteiger partial charge in [0.25, 0.3) is 0 Å². The molecule has 0 saturated heterocycles. The molecule has 25 heavy (non-hydrogen) atoms. The molecule has 1 amide bonds. The fraction of sp³-hybridized carbons (Fsp3) is 0.389. The molecule has 6 nitrogen and oxygen atoms in total. The fourth-order valence-corrected chi connectivity index (χ4v) is 3.28. The lowest BCUT2D eigenvalue weighted by atomic mass is 10.2. The molecule has 3 rings (SSSR count). The second kappa shape index (κ2) is 8.84. The largest absolute Gasteiger partial charge is 0.454 e. The molecule has 1 aromatic carbocycles. The van der Waals surface area contributed by atoms with Crippen LogP contribution in [0.15, 0.2) is 35.7 Å². The topological polar surface area (TPSA) is 60.0 Å². The van der Waals surface area contributed by atoms with E-state index in [1.54, 1.807) is 18.4 Å². The van der Waals surface area contributed by atoms with Crippen molar-refractivity contribution in [2.45, 2.75) is 13.1 Å². The summed E-state index contributed by atoms with van der Waals surface area (Å²) in [5, 5.41) is 5.14. The van der Waals surface area contributed by atoms with Crippen molar-refractivity contribution in [1.29, 1.82) is 0 Å². The Labute approximate surface area is 151 Å². The van der Waals surface area contributed by atoms with Gasteiger partial charge in [-0.15, -0.1) is 11.3 Å². The Morgan fingerprint density at radius 1 is 1.28 bits per heavy atom. The Balaban J connectivity index is 1.66. The number of nitrogens with one attached hydrogen (secondary N) is 1. The van der Waals surface area contributed by atoms with Crippen LogP contribution < -0.4 is 14.8 Å². The van der Waals surface area contributed by atoms with Crippen molar-refractivity contribution < 1.29 is 19.0 Å². The lowest BCUT2D eigenvalue weighted by Gasteiger charge is -2.23. The normalized spacial score (nSPS) is 12.4. The highest BCUT2D eigenvalue weighted by Gasteiger charge is 2.18. The van der Waals surface area contributed by atoms with Gasteiger partial charge in [-0.2, -0.15) is 0 Å². The zero-order chi connectivity index (χ0) is 17.5. The summed E-state index contributed by atoms with van der Waals surface area (Å²) in [4.78, 5) is 15.7. The number of carbonyl (C=O) groups is 1. The molecule has 0 bridgehead atoms. The van der Waals surface area contributed by atoms with Crippen LogP contribution >= 0.6 is 11.3 Å². The average Bonchev–Trinajstić information content (AvgIpc) is 3.29. The molecule has 0 radical (unpaired) electrons. The van der Waals surface area contributed by atoms with Gasteiger partial charge in [-0.3, -0.25) is 4.79 Å². The van der Waals surface area contributed by atoms with E-state index in [9.17, 15) is 4.79 Å². The number of carbonyl (C=O) groups excluding carboxylic acids is 1. The third-order valence-electron chi connectivity index (χ3n) is 3.85. The number of methoxy groups -OCH3 is 1. The molecule has 1 aromatic heterocycles. The van der Waals surface area contributed by atoms with Crippen LogP contribution in [-0.4, -0.2) is 44.4 Å². The molecular weight excluding hydrogens is 340 g/mol. The molecule has 0 fully saturated rings. The lowest BCUT2D eigenvalue weighted by molar-refractivity contribution is -0.131. The number of hydrogen-bond donors (Lipinski definition) is 1. The number of rotatable bonds is 9. The van der Waals surface area contributed by atoms with Crippen LogP contribution in [-0.2, 0) is 22.6 Å². The lowest BCUT2D eigenvalue weighted by Crippen LogP contribution is -2.38. The number of hydrogen-bond acceptors (Lipinski definition) is 6. The first-order valence-corrected chi connectivity index (χ1v) is 9.02. The van der Waals surface area contributed by atoms with Crippen LogP contribution in [0.4, 0.5) is 0 Å². The van der Waals surface area contributed by atoms with Gasteiger partial charge in [-0.25, -0.2) is 0 Å². The van der Waals surface area contributed by atoms with Crippen molar-refractivity contribution in [1.82, 2.24) is 10.2 Å². The van der Waals surface area contributed by atoms with Crippen LogP contribution in [0.25, 0.3) is 0 Å². The maximum absolute atomic E-state index is 12.6. The molecule has 7 heteroatoms. The monoisotopic (exact) mass is 362 g/mol. The first-order chi connectivity index (χ1) is 12.3. The van der Waals surface area contributed by atoms with Gasteiger partial charge in [0, 0.05) is 25.1 Å². The highest BCUT2D eigenvalue weighted by Crippen LogP contribution is 2.33. The Morgan fingerprint density at radius 2 is 2.16 bits per heavy atom. The molecule has 134 valence electrons. The van der Waals surface area contributed by atoms with Gasteiger partial charge >= 0.3 is 0 Å². The minimum Gasteiger partial charge on any atom is -0.454 e. The standard InChI is InChI=1S/C18H22N2O4S/c1-22-7-6-19-10-18(21)20(12-15-3-2-8-25-15)11-14-4-5-16-17(9-14)24-13-23-16/h2-5,8-9,19H,6-7,10-13H2,1H3. The van der Waals surface area contributed by atoms with Gasteiger partial charge in [-0.1, -0.05) is 12.1 Å². The molecular formula is C18H22N2O4S. The van der Waals surface area contributed by atoms with Crippen molar-refractivity contribution in [3.8, 4) is 11.5 Å². The molecule has 0 aliphatic carbocycles. The minimum atomic E-state index is 0.0576. The van der Waals surface area contributed by atoms with Crippen LogP contribution in [0, 0.1) is 0 Å². The van der Waals surface area contributed by atoms with Crippen LogP contribution in [0.1, 0.15) is 10.4 Å². The summed E-state index contributed by atoms with van der Waals surface area (Å²) in [5.74, 6) is 1.54. The highest BCUT2D eigenvalue weighted by molar-refractivity contribution is 7.09.